The second-order valence-corrected chi connectivity index (χ2v) is 7.48. The summed E-state index contributed by atoms with van der Waals surface area (Å²) >= 11 is 0. The Morgan fingerprint density at radius 3 is 2.81 bits per heavy atom. The highest BCUT2D eigenvalue weighted by Crippen LogP contribution is 2.34. The van der Waals surface area contributed by atoms with Crippen LogP contribution in [0.2, 0.25) is 0 Å². The highest BCUT2D eigenvalue weighted by molar-refractivity contribution is 5.85. The van der Waals surface area contributed by atoms with Gasteiger partial charge in [-0.1, -0.05) is 30.3 Å². The maximum Gasteiger partial charge on any atom is 0.242 e. The molecule has 0 bridgehead atoms. The molecule has 1 aliphatic heterocycles. The van der Waals surface area contributed by atoms with E-state index >= 15 is 0 Å². The Kier molecular flexibility index (Phi) is 5.95. The van der Waals surface area contributed by atoms with Gasteiger partial charge in [-0.05, 0) is 60.9 Å². The Morgan fingerprint density at radius 1 is 1.15 bits per heavy atom. The van der Waals surface area contributed by atoms with Gasteiger partial charge in [-0.15, -0.1) is 12.4 Å². The molecular weight excluding hydrogens is 358 g/mol. The van der Waals surface area contributed by atoms with E-state index in [9.17, 15) is 4.79 Å². The number of nitrogen functional groups attached to an aromatic ring is 1. The van der Waals surface area contributed by atoms with Gasteiger partial charge in [-0.25, -0.2) is 0 Å². The number of anilines is 2. The average molecular weight is 386 g/mol. The van der Waals surface area contributed by atoms with E-state index in [1.165, 1.54) is 16.7 Å². The fourth-order valence-electron chi connectivity index (χ4n) is 4.47. The fraction of sp³-hybridized carbons (Fsp3) is 0.409. The normalized spacial score (nSPS) is 18.1. The van der Waals surface area contributed by atoms with Crippen LogP contribution in [-0.2, 0) is 17.6 Å². The van der Waals surface area contributed by atoms with E-state index in [1.807, 2.05) is 24.1 Å². The Hall–Kier alpha value is -2.20. The van der Waals surface area contributed by atoms with Crippen LogP contribution in [0, 0.1) is 0 Å². The quantitative estimate of drug-likeness (QED) is 0.813. The lowest BCUT2D eigenvalue weighted by Gasteiger charge is -2.36. The second-order valence-electron chi connectivity index (χ2n) is 7.48. The van der Waals surface area contributed by atoms with E-state index in [4.69, 9.17) is 5.73 Å². The van der Waals surface area contributed by atoms with Crippen LogP contribution in [0.1, 0.15) is 42.0 Å². The number of benzene rings is 2. The van der Waals surface area contributed by atoms with Crippen LogP contribution in [0.15, 0.2) is 42.5 Å². The van der Waals surface area contributed by atoms with Crippen molar-refractivity contribution in [3.63, 3.8) is 0 Å². The van der Waals surface area contributed by atoms with Crippen molar-refractivity contribution in [2.45, 2.75) is 38.1 Å². The number of carbonyl (C=O) groups is 1. The number of hydrogen-bond donors (Lipinski definition) is 1. The van der Waals surface area contributed by atoms with Gasteiger partial charge in [0.05, 0.1) is 12.6 Å². The molecular formula is C22H28ClN3O. The second kappa shape index (κ2) is 8.22. The number of amides is 1. The number of nitrogens with two attached hydrogens (primary N) is 1. The van der Waals surface area contributed by atoms with E-state index in [2.05, 4.69) is 35.2 Å². The number of fused-ring (bicyclic) bond motifs is 2. The Bertz CT molecular complexity index is 823. The van der Waals surface area contributed by atoms with Crippen LogP contribution in [0.5, 0.6) is 0 Å². The molecule has 2 aliphatic rings. The molecule has 0 saturated carbocycles. The SMILES string of the molecule is CN(C(=O)CN1CCCc2c(N)cccc21)C1CCCc2ccccc21.Cl. The van der Waals surface area contributed by atoms with Crippen LogP contribution in [0.4, 0.5) is 11.4 Å². The molecule has 0 saturated heterocycles. The summed E-state index contributed by atoms with van der Waals surface area (Å²) in [6, 6.07) is 14.8. The molecule has 27 heavy (non-hydrogen) atoms. The van der Waals surface area contributed by atoms with Gasteiger partial charge in [0.1, 0.15) is 0 Å². The number of halogens is 1. The highest BCUT2D eigenvalue weighted by atomic mass is 35.5. The third-order valence-electron chi connectivity index (χ3n) is 5.91. The van der Waals surface area contributed by atoms with Gasteiger partial charge in [0.2, 0.25) is 5.91 Å². The standard InChI is InChI=1S/C22H27N3O.ClH/c1-24(20-12-4-8-16-7-2-3-9-17(16)20)22(26)15-25-14-6-10-18-19(23)11-5-13-21(18)25;/h2-3,5,7,9,11,13,20H,4,6,8,10,12,14-15,23H2,1H3;1H. The van der Waals surface area contributed by atoms with Gasteiger partial charge in [0, 0.05) is 25.0 Å². The van der Waals surface area contributed by atoms with Gasteiger partial charge in [-0.2, -0.15) is 0 Å². The first-order valence-electron chi connectivity index (χ1n) is 9.61. The third-order valence-corrected chi connectivity index (χ3v) is 5.91. The zero-order chi connectivity index (χ0) is 18.1. The van der Waals surface area contributed by atoms with Crippen molar-refractivity contribution in [1.29, 1.82) is 0 Å². The van der Waals surface area contributed by atoms with Crippen LogP contribution < -0.4 is 10.6 Å². The van der Waals surface area contributed by atoms with Crippen molar-refractivity contribution < 1.29 is 4.79 Å². The molecule has 0 fully saturated rings. The molecule has 1 atom stereocenters. The summed E-state index contributed by atoms with van der Waals surface area (Å²) in [5.74, 6) is 0.182. The van der Waals surface area contributed by atoms with E-state index in [1.54, 1.807) is 0 Å². The van der Waals surface area contributed by atoms with Crippen molar-refractivity contribution >= 4 is 29.7 Å². The van der Waals surface area contributed by atoms with Crippen LogP contribution >= 0.6 is 12.4 Å². The van der Waals surface area contributed by atoms with E-state index < -0.39 is 0 Å². The molecule has 0 aromatic heterocycles. The fourth-order valence-corrected chi connectivity index (χ4v) is 4.47. The Labute approximate surface area is 167 Å². The molecule has 2 aromatic rings. The number of nitrogens with zero attached hydrogens (tertiary/aromatic N) is 2. The summed E-state index contributed by atoms with van der Waals surface area (Å²) in [5.41, 5.74) is 12.0. The van der Waals surface area contributed by atoms with E-state index in [0.29, 0.717) is 6.54 Å². The molecule has 5 heteroatoms. The van der Waals surface area contributed by atoms with Gasteiger partial charge >= 0.3 is 0 Å². The summed E-state index contributed by atoms with van der Waals surface area (Å²) in [5, 5.41) is 0. The highest BCUT2D eigenvalue weighted by Gasteiger charge is 2.28. The molecule has 0 radical (unpaired) electrons. The van der Waals surface area contributed by atoms with E-state index in [0.717, 1.165) is 50.0 Å². The summed E-state index contributed by atoms with van der Waals surface area (Å²) in [6.07, 6.45) is 5.35. The molecule has 144 valence electrons. The molecule has 1 unspecified atom stereocenters. The Balaban J connectivity index is 0.00000210. The van der Waals surface area contributed by atoms with Crippen molar-refractivity contribution in [2.24, 2.45) is 0 Å². The predicted octanol–water partition coefficient (Wildman–Crippen LogP) is 3.98. The van der Waals surface area contributed by atoms with Gasteiger partial charge in [-0.3, -0.25) is 4.79 Å². The third kappa shape index (κ3) is 3.77. The monoisotopic (exact) mass is 385 g/mol. The predicted molar refractivity (Wildman–Crippen MR) is 114 cm³/mol. The number of carbonyl (C=O) groups excluding carboxylic acids is 1. The van der Waals surface area contributed by atoms with Gasteiger partial charge in [0.25, 0.3) is 0 Å². The first kappa shape index (κ1) is 19.6. The molecule has 4 nitrogen and oxygen atoms in total. The summed E-state index contributed by atoms with van der Waals surface area (Å²) in [7, 11) is 1.96. The minimum atomic E-state index is 0. The number of aryl methyl sites for hydroxylation is 1. The lowest BCUT2D eigenvalue weighted by atomic mass is 9.87. The first-order chi connectivity index (χ1) is 12.6. The molecule has 2 N–H and O–H groups in total. The minimum absolute atomic E-state index is 0. The van der Waals surface area contributed by atoms with Crippen LogP contribution in [-0.4, -0.2) is 30.9 Å². The summed E-state index contributed by atoms with van der Waals surface area (Å²) in [4.78, 5) is 17.2. The molecule has 2 aromatic carbocycles. The zero-order valence-corrected chi connectivity index (χ0v) is 16.7. The van der Waals surface area contributed by atoms with Gasteiger partial charge in [0.15, 0.2) is 0 Å². The largest absolute Gasteiger partial charge is 0.398 e. The number of hydrogen-bond acceptors (Lipinski definition) is 3. The van der Waals surface area contributed by atoms with Crippen molar-refractivity contribution in [2.75, 3.05) is 30.8 Å². The van der Waals surface area contributed by atoms with Gasteiger partial charge < -0.3 is 15.5 Å². The van der Waals surface area contributed by atoms with E-state index in [-0.39, 0.29) is 24.4 Å². The molecule has 1 amide bonds. The van der Waals surface area contributed by atoms with Crippen molar-refractivity contribution in [1.82, 2.24) is 4.90 Å². The topological polar surface area (TPSA) is 49.6 Å². The minimum Gasteiger partial charge on any atom is -0.398 e. The molecule has 1 heterocycles. The smallest absolute Gasteiger partial charge is 0.242 e. The average Bonchev–Trinajstić information content (AvgIpc) is 2.68. The maximum atomic E-state index is 13.1. The molecule has 0 spiro atoms. The molecule has 1 aliphatic carbocycles. The number of rotatable bonds is 3. The number of likely N-dealkylation sites (N-methyl/N-ethyl adjacent to an activating group) is 1. The van der Waals surface area contributed by atoms with Crippen LogP contribution in [0.25, 0.3) is 0 Å². The maximum absolute atomic E-state index is 13.1. The first-order valence-corrected chi connectivity index (χ1v) is 9.61. The summed E-state index contributed by atoms with van der Waals surface area (Å²) < 4.78 is 0. The molecule has 4 rings (SSSR count). The van der Waals surface area contributed by atoms with Crippen LogP contribution in [0.3, 0.4) is 0 Å². The Morgan fingerprint density at radius 2 is 1.96 bits per heavy atom. The zero-order valence-electron chi connectivity index (χ0n) is 15.9. The summed E-state index contributed by atoms with van der Waals surface area (Å²) in [6.45, 7) is 1.34. The lowest BCUT2D eigenvalue weighted by molar-refractivity contribution is -0.130. The van der Waals surface area contributed by atoms with Crippen molar-refractivity contribution in [3.05, 3.63) is 59.2 Å². The lowest BCUT2D eigenvalue weighted by Crippen LogP contribution is -2.42. The van der Waals surface area contributed by atoms with Crippen molar-refractivity contribution in [3.8, 4) is 0 Å².